The molecule has 24 heavy (non-hydrogen) atoms. The number of carbonyl (C=O) groups excluding carboxylic acids is 1. The third kappa shape index (κ3) is 3.27. The van der Waals surface area contributed by atoms with Crippen LogP contribution in [-0.2, 0) is 4.79 Å². The minimum absolute atomic E-state index is 0.0121. The van der Waals surface area contributed by atoms with E-state index in [9.17, 15) is 4.79 Å². The molecule has 0 spiro atoms. The van der Waals surface area contributed by atoms with E-state index in [2.05, 4.69) is 47.4 Å². The zero-order chi connectivity index (χ0) is 16.5. The molecule has 0 bridgehead atoms. The van der Waals surface area contributed by atoms with Gasteiger partial charge in [-0.2, -0.15) is 0 Å². The monoisotopic (exact) mass is 347 g/mol. The second-order valence-electron chi connectivity index (χ2n) is 7.02. The lowest BCUT2D eigenvalue weighted by Crippen LogP contribution is -2.46. The van der Waals surface area contributed by atoms with Gasteiger partial charge in [-0.25, -0.2) is 5.43 Å². The predicted molar refractivity (Wildman–Crippen MR) is 95.7 cm³/mol. The van der Waals surface area contributed by atoms with Crippen molar-refractivity contribution in [2.45, 2.75) is 56.2 Å². The number of hydrazine groups is 1. The molecule has 4 rings (SSSR count). The van der Waals surface area contributed by atoms with Crippen molar-refractivity contribution in [1.82, 2.24) is 16.2 Å². The van der Waals surface area contributed by atoms with E-state index in [0.717, 1.165) is 5.75 Å². The van der Waals surface area contributed by atoms with E-state index in [1.54, 1.807) is 11.8 Å². The third-order valence-corrected chi connectivity index (χ3v) is 6.68. The Kier molecular flexibility index (Phi) is 4.70. The number of hydrogen-bond donors (Lipinski definition) is 3. The van der Waals surface area contributed by atoms with Gasteiger partial charge < -0.3 is 10.1 Å². The van der Waals surface area contributed by atoms with Gasteiger partial charge in [0.25, 0.3) is 0 Å². The summed E-state index contributed by atoms with van der Waals surface area (Å²) < 4.78 is 6.07. The molecule has 2 saturated heterocycles. The summed E-state index contributed by atoms with van der Waals surface area (Å²) in [5.41, 5.74) is 7.75. The van der Waals surface area contributed by atoms with Crippen LogP contribution in [0.15, 0.2) is 24.3 Å². The van der Waals surface area contributed by atoms with Crippen LogP contribution >= 0.6 is 11.8 Å². The van der Waals surface area contributed by atoms with Crippen molar-refractivity contribution < 1.29 is 9.53 Å². The van der Waals surface area contributed by atoms with Crippen molar-refractivity contribution in [1.29, 1.82) is 0 Å². The van der Waals surface area contributed by atoms with Crippen molar-refractivity contribution in [2.75, 3.05) is 5.75 Å². The summed E-state index contributed by atoms with van der Waals surface area (Å²) in [7, 11) is 0. The zero-order valence-electron chi connectivity index (χ0n) is 14.0. The minimum Gasteiger partial charge on any atom is -0.490 e. The molecule has 1 saturated carbocycles. The van der Waals surface area contributed by atoms with Gasteiger partial charge >= 0.3 is 0 Å². The maximum atomic E-state index is 11.9. The van der Waals surface area contributed by atoms with Crippen LogP contribution in [-0.4, -0.2) is 30.0 Å². The van der Waals surface area contributed by atoms with E-state index in [-0.39, 0.29) is 17.3 Å². The van der Waals surface area contributed by atoms with Gasteiger partial charge in [-0.05, 0) is 50.3 Å². The number of thioether (sulfide) groups is 1. The highest BCUT2D eigenvalue weighted by atomic mass is 32.2. The van der Waals surface area contributed by atoms with Gasteiger partial charge in [0, 0.05) is 17.2 Å². The molecule has 1 aromatic carbocycles. The summed E-state index contributed by atoms with van der Waals surface area (Å²) in [4.78, 5) is 11.9. The molecule has 3 N–H and O–H groups in total. The van der Waals surface area contributed by atoms with Gasteiger partial charge in [0.2, 0.25) is 5.91 Å². The normalized spacial score (nSPS) is 33.8. The van der Waals surface area contributed by atoms with E-state index < -0.39 is 0 Å². The minimum atomic E-state index is -0.0121. The average molecular weight is 347 g/mol. The van der Waals surface area contributed by atoms with Crippen LogP contribution in [0, 0.1) is 5.92 Å². The molecule has 2 heterocycles. The molecule has 3 fully saturated rings. The summed E-state index contributed by atoms with van der Waals surface area (Å²) in [5, 5.41) is 3.36. The number of amides is 1. The van der Waals surface area contributed by atoms with Crippen molar-refractivity contribution in [3.63, 3.8) is 0 Å². The molecule has 4 atom stereocenters. The number of nitrogens with one attached hydrogen (secondary N) is 3. The molecule has 5 nitrogen and oxygen atoms in total. The largest absolute Gasteiger partial charge is 0.490 e. The predicted octanol–water partition coefficient (Wildman–Crippen LogP) is 2.35. The van der Waals surface area contributed by atoms with Crippen LogP contribution in [0.2, 0.25) is 0 Å². The van der Waals surface area contributed by atoms with Crippen LogP contribution in [0.4, 0.5) is 0 Å². The first-order valence-electron chi connectivity index (χ1n) is 8.89. The Bertz CT molecular complexity index is 588. The summed E-state index contributed by atoms with van der Waals surface area (Å²) >= 11 is 1.73. The summed E-state index contributed by atoms with van der Waals surface area (Å²) in [6.45, 7) is 2.17. The number of ether oxygens (including phenoxy) is 1. The third-order valence-electron chi connectivity index (χ3n) is 5.30. The molecule has 3 aliphatic rings. The van der Waals surface area contributed by atoms with Crippen LogP contribution in [0.5, 0.6) is 5.75 Å². The summed E-state index contributed by atoms with van der Waals surface area (Å²) in [6, 6.07) is 8.81. The number of benzene rings is 1. The fourth-order valence-corrected chi connectivity index (χ4v) is 5.40. The molecule has 1 aliphatic carbocycles. The van der Waals surface area contributed by atoms with E-state index in [1.807, 2.05) is 0 Å². The van der Waals surface area contributed by atoms with E-state index in [1.165, 1.54) is 31.2 Å². The average Bonchev–Trinajstić information content (AvgIpc) is 3.17. The van der Waals surface area contributed by atoms with Gasteiger partial charge in [0.1, 0.15) is 5.75 Å². The van der Waals surface area contributed by atoms with Gasteiger partial charge in [0.05, 0.1) is 18.0 Å². The first-order valence-corrected chi connectivity index (χ1v) is 9.94. The van der Waals surface area contributed by atoms with E-state index in [0.29, 0.717) is 23.8 Å². The zero-order valence-corrected chi connectivity index (χ0v) is 14.8. The molecule has 2 aliphatic heterocycles. The number of fused-ring (bicyclic) bond motifs is 1. The molecule has 130 valence electrons. The number of rotatable bonds is 3. The highest BCUT2D eigenvalue weighted by molar-refractivity contribution is 8.00. The van der Waals surface area contributed by atoms with Crippen LogP contribution in [0.3, 0.4) is 0 Å². The van der Waals surface area contributed by atoms with Crippen LogP contribution < -0.4 is 20.9 Å². The number of carbonyl (C=O) groups is 1. The number of hydrogen-bond acceptors (Lipinski definition) is 5. The maximum absolute atomic E-state index is 11.9. The lowest BCUT2D eigenvalue weighted by Gasteiger charge is -2.27. The quantitative estimate of drug-likeness (QED) is 0.783. The van der Waals surface area contributed by atoms with E-state index in [4.69, 9.17) is 4.74 Å². The van der Waals surface area contributed by atoms with Gasteiger partial charge in [-0.3, -0.25) is 10.2 Å². The first-order chi connectivity index (χ1) is 11.7. The topological polar surface area (TPSA) is 62.4 Å². The fraction of sp³-hybridized carbons (Fsp3) is 0.611. The Morgan fingerprint density at radius 1 is 1.12 bits per heavy atom. The lowest BCUT2D eigenvalue weighted by atomic mass is 9.91. The molecular weight excluding hydrogens is 322 g/mol. The first kappa shape index (κ1) is 16.2. The van der Waals surface area contributed by atoms with Crippen LogP contribution in [0.1, 0.15) is 43.4 Å². The van der Waals surface area contributed by atoms with Crippen molar-refractivity contribution in [3.8, 4) is 5.75 Å². The van der Waals surface area contributed by atoms with Gasteiger partial charge in [-0.1, -0.05) is 12.1 Å². The smallest absolute Gasteiger partial charge is 0.231 e. The standard InChI is InChI=1S/C18H25N3O2S/c1-11-16-17(24-10-15(22)19-18(16)21-20-11)12-6-8-14(9-7-12)23-13-4-2-3-5-13/h6-9,11,13,16-18,20-21H,2-5,10H2,1H3,(H,19,22). The van der Waals surface area contributed by atoms with Gasteiger partial charge in [-0.15, -0.1) is 11.8 Å². The van der Waals surface area contributed by atoms with Crippen molar-refractivity contribution in [2.24, 2.45) is 5.92 Å². The Labute approximate surface area is 147 Å². The van der Waals surface area contributed by atoms with Crippen molar-refractivity contribution in [3.05, 3.63) is 29.8 Å². The van der Waals surface area contributed by atoms with Crippen molar-refractivity contribution >= 4 is 17.7 Å². The summed E-state index contributed by atoms with van der Waals surface area (Å²) in [5.74, 6) is 1.89. The molecule has 6 heteroatoms. The Morgan fingerprint density at radius 2 is 1.88 bits per heavy atom. The SMILES string of the molecule is CC1NNC2NC(=O)CSC(c3ccc(OC4CCCC4)cc3)C12. The Balaban J connectivity index is 1.51. The molecule has 0 aromatic heterocycles. The highest BCUT2D eigenvalue weighted by Crippen LogP contribution is 2.42. The molecule has 0 radical (unpaired) electrons. The second-order valence-corrected chi connectivity index (χ2v) is 8.15. The fourth-order valence-electron chi connectivity index (χ4n) is 4.02. The Hall–Kier alpha value is -1.24. The van der Waals surface area contributed by atoms with E-state index >= 15 is 0 Å². The Morgan fingerprint density at radius 3 is 2.62 bits per heavy atom. The molecular formula is C18H25N3O2S. The van der Waals surface area contributed by atoms with Crippen LogP contribution in [0.25, 0.3) is 0 Å². The molecule has 1 amide bonds. The van der Waals surface area contributed by atoms with Gasteiger partial charge in [0.15, 0.2) is 0 Å². The molecule has 4 unspecified atom stereocenters. The molecule has 1 aromatic rings. The second kappa shape index (κ2) is 6.94. The summed E-state index contributed by atoms with van der Waals surface area (Å²) in [6.07, 6.45) is 5.28. The maximum Gasteiger partial charge on any atom is 0.231 e. The highest BCUT2D eigenvalue weighted by Gasteiger charge is 2.42. The lowest BCUT2D eigenvalue weighted by molar-refractivity contribution is -0.119.